The lowest BCUT2D eigenvalue weighted by molar-refractivity contribution is 0.112. The second-order valence-corrected chi connectivity index (χ2v) is 5.16. The van der Waals surface area contributed by atoms with Crippen LogP contribution in [0.3, 0.4) is 0 Å². The highest BCUT2D eigenvalue weighted by Gasteiger charge is 2.30. The molecule has 0 atom stereocenters. The summed E-state index contributed by atoms with van der Waals surface area (Å²) in [5, 5.41) is 0. The number of benzene rings is 1. The Morgan fingerprint density at radius 2 is 2.19 bits per heavy atom. The van der Waals surface area contributed by atoms with Gasteiger partial charge in [0, 0.05) is 18.7 Å². The molecule has 1 saturated heterocycles. The van der Waals surface area contributed by atoms with Gasteiger partial charge in [0.25, 0.3) is 0 Å². The van der Waals surface area contributed by atoms with E-state index >= 15 is 0 Å². The summed E-state index contributed by atoms with van der Waals surface area (Å²) in [4.78, 5) is 12.6. The molecule has 1 aromatic rings. The average molecular weight is 221 g/mol. The van der Waals surface area contributed by atoms with Crippen molar-refractivity contribution in [2.45, 2.75) is 20.3 Å². The Morgan fingerprint density at radius 1 is 1.44 bits per heavy atom. The van der Waals surface area contributed by atoms with E-state index in [4.69, 9.17) is 0 Å². The normalized spacial score (nSPS) is 18.8. The molecule has 1 aliphatic heterocycles. The largest absolute Gasteiger partial charge is 0.369 e. The minimum atomic E-state index is -0.303. The Balaban J connectivity index is 2.25. The Hall–Kier alpha value is -1.38. The molecule has 1 aliphatic rings. The van der Waals surface area contributed by atoms with Crippen LogP contribution in [-0.2, 0) is 0 Å². The van der Waals surface area contributed by atoms with E-state index in [0.717, 1.165) is 19.5 Å². The summed E-state index contributed by atoms with van der Waals surface area (Å²) < 4.78 is 13.7. The third-order valence-electron chi connectivity index (χ3n) is 3.13. The minimum absolute atomic E-state index is 0.246. The van der Waals surface area contributed by atoms with Crippen molar-refractivity contribution in [2.24, 2.45) is 5.41 Å². The molecule has 0 spiro atoms. The lowest BCUT2D eigenvalue weighted by Crippen LogP contribution is -2.23. The van der Waals surface area contributed by atoms with E-state index in [-0.39, 0.29) is 11.2 Å². The fourth-order valence-corrected chi connectivity index (χ4v) is 2.17. The van der Waals surface area contributed by atoms with Crippen LogP contribution in [0.1, 0.15) is 30.6 Å². The van der Waals surface area contributed by atoms with Crippen LogP contribution >= 0.6 is 0 Å². The van der Waals surface area contributed by atoms with Crippen LogP contribution in [0, 0.1) is 11.2 Å². The first-order chi connectivity index (χ1) is 7.52. The average Bonchev–Trinajstić information content (AvgIpc) is 2.58. The van der Waals surface area contributed by atoms with Crippen molar-refractivity contribution >= 4 is 12.0 Å². The van der Waals surface area contributed by atoms with Crippen LogP contribution in [0.5, 0.6) is 0 Å². The van der Waals surface area contributed by atoms with Crippen LogP contribution in [0.25, 0.3) is 0 Å². The molecule has 0 aromatic heterocycles. The van der Waals surface area contributed by atoms with Gasteiger partial charge in [-0.1, -0.05) is 13.8 Å². The van der Waals surface area contributed by atoms with E-state index < -0.39 is 0 Å². The van der Waals surface area contributed by atoms with Gasteiger partial charge in [-0.25, -0.2) is 4.39 Å². The highest BCUT2D eigenvalue weighted by atomic mass is 19.1. The lowest BCUT2D eigenvalue weighted by Gasteiger charge is -2.22. The molecule has 0 N–H and O–H groups in total. The van der Waals surface area contributed by atoms with Gasteiger partial charge in [0.15, 0.2) is 0 Å². The molecule has 86 valence electrons. The number of carbonyl (C=O) groups excluding carboxylic acids is 1. The topological polar surface area (TPSA) is 20.3 Å². The van der Waals surface area contributed by atoms with Gasteiger partial charge >= 0.3 is 0 Å². The SMILES string of the molecule is CC1(C)CCN(c2ccc(C=O)cc2F)C1. The van der Waals surface area contributed by atoms with Crippen molar-refractivity contribution in [3.63, 3.8) is 0 Å². The number of hydrogen-bond donors (Lipinski definition) is 0. The number of hydrogen-bond acceptors (Lipinski definition) is 2. The van der Waals surface area contributed by atoms with E-state index in [1.54, 1.807) is 12.1 Å². The van der Waals surface area contributed by atoms with Crippen LogP contribution in [-0.4, -0.2) is 19.4 Å². The van der Waals surface area contributed by atoms with Crippen molar-refractivity contribution in [3.05, 3.63) is 29.6 Å². The third-order valence-corrected chi connectivity index (χ3v) is 3.13. The van der Waals surface area contributed by atoms with E-state index in [2.05, 4.69) is 13.8 Å². The maximum Gasteiger partial charge on any atom is 0.150 e. The lowest BCUT2D eigenvalue weighted by atomic mass is 9.93. The van der Waals surface area contributed by atoms with Crippen molar-refractivity contribution in [1.29, 1.82) is 0 Å². The first-order valence-electron chi connectivity index (χ1n) is 5.51. The van der Waals surface area contributed by atoms with E-state index in [0.29, 0.717) is 17.5 Å². The summed E-state index contributed by atoms with van der Waals surface area (Å²) in [6.07, 6.45) is 1.74. The maximum atomic E-state index is 13.7. The van der Waals surface area contributed by atoms with Crippen LogP contribution in [0.2, 0.25) is 0 Å². The molecule has 2 rings (SSSR count). The van der Waals surface area contributed by atoms with Crippen molar-refractivity contribution in [2.75, 3.05) is 18.0 Å². The van der Waals surface area contributed by atoms with Gasteiger partial charge in [0.2, 0.25) is 0 Å². The molecule has 0 amide bonds. The summed E-state index contributed by atoms with van der Waals surface area (Å²) in [7, 11) is 0. The Kier molecular flexibility index (Phi) is 2.70. The van der Waals surface area contributed by atoms with Gasteiger partial charge in [-0.05, 0) is 30.0 Å². The molecule has 16 heavy (non-hydrogen) atoms. The van der Waals surface area contributed by atoms with E-state index in [1.807, 2.05) is 4.90 Å². The van der Waals surface area contributed by atoms with Crippen LogP contribution in [0.15, 0.2) is 18.2 Å². The fraction of sp³-hybridized carbons (Fsp3) is 0.462. The molecule has 3 heteroatoms. The number of nitrogens with zero attached hydrogens (tertiary/aromatic N) is 1. The zero-order valence-electron chi connectivity index (χ0n) is 9.66. The van der Waals surface area contributed by atoms with Gasteiger partial charge in [-0.3, -0.25) is 4.79 Å². The highest BCUT2D eigenvalue weighted by molar-refractivity contribution is 5.76. The molecular formula is C13H16FNO. The smallest absolute Gasteiger partial charge is 0.150 e. The molecular weight excluding hydrogens is 205 g/mol. The Morgan fingerprint density at radius 3 is 2.69 bits per heavy atom. The number of aldehydes is 1. The summed E-state index contributed by atoms with van der Waals surface area (Å²) in [6.45, 7) is 6.12. The quantitative estimate of drug-likeness (QED) is 0.716. The Labute approximate surface area is 95.1 Å². The number of carbonyl (C=O) groups is 1. The zero-order chi connectivity index (χ0) is 11.8. The van der Waals surface area contributed by atoms with Crippen molar-refractivity contribution in [1.82, 2.24) is 0 Å². The first-order valence-corrected chi connectivity index (χ1v) is 5.51. The summed E-state index contributed by atoms with van der Waals surface area (Å²) in [5.41, 5.74) is 1.24. The van der Waals surface area contributed by atoms with Crippen LogP contribution in [0.4, 0.5) is 10.1 Å². The molecule has 1 aromatic carbocycles. The van der Waals surface area contributed by atoms with E-state index in [1.165, 1.54) is 6.07 Å². The number of anilines is 1. The molecule has 0 unspecified atom stereocenters. The second kappa shape index (κ2) is 3.89. The highest BCUT2D eigenvalue weighted by Crippen LogP contribution is 2.33. The van der Waals surface area contributed by atoms with E-state index in [9.17, 15) is 9.18 Å². The summed E-state index contributed by atoms with van der Waals surface area (Å²) >= 11 is 0. The fourth-order valence-electron chi connectivity index (χ4n) is 2.17. The summed E-state index contributed by atoms with van der Waals surface area (Å²) in [6, 6.07) is 4.66. The summed E-state index contributed by atoms with van der Waals surface area (Å²) in [5.74, 6) is -0.303. The van der Waals surface area contributed by atoms with Gasteiger partial charge in [0.05, 0.1) is 5.69 Å². The van der Waals surface area contributed by atoms with Gasteiger partial charge in [-0.15, -0.1) is 0 Å². The minimum Gasteiger partial charge on any atom is -0.369 e. The van der Waals surface area contributed by atoms with Gasteiger partial charge in [0.1, 0.15) is 12.1 Å². The molecule has 0 aliphatic carbocycles. The molecule has 1 fully saturated rings. The zero-order valence-corrected chi connectivity index (χ0v) is 9.66. The third kappa shape index (κ3) is 2.08. The molecule has 2 nitrogen and oxygen atoms in total. The van der Waals surface area contributed by atoms with Gasteiger partial charge in [-0.2, -0.15) is 0 Å². The Bertz CT molecular complexity index is 414. The molecule has 1 heterocycles. The van der Waals surface area contributed by atoms with Gasteiger partial charge < -0.3 is 4.90 Å². The molecule has 0 saturated carbocycles. The van der Waals surface area contributed by atoms with Crippen LogP contribution < -0.4 is 4.90 Å². The predicted molar refractivity (Wildman–Crippen MR) is 62.4 cm³/mol. The maximum absolute atomic E-state index is 13.7. The monoisotopic (exact) mass is 221 g/mol. The molecule has 0 radical (unpaired) electrons. The standard InChI is InChI=1S/C13H16FNO/c1-13(2)5-6-15(9-13)12-4-3-10(8-16)7-11(12)14/h3-4,7-8H,5-6,9H2,1-2H3. The predicted octanol–water partition coefficient (Wildman–Crippen LogP) is 2.87. The number of rotatable bonds is 2. The second-order valence-electron chi connectivity index (χ2n) is 5.16. The molecule has 0 bridgehead atoms. The number of halogens is 1. The van der Waals surface area contributed by atoms with Crippen molar-refractivity contribution < 1.29 is 9.18 Å². The van der Waals surface area contributed by atoms with Crippen molar-refractivity contribution in [3.8, 4) is 0 Å². The first kappa shape index (κ1) is 11.1.